The number of hydrogen-bond acceptors (Lipinski definition) is 5. The zero-order valence-corrected chi connectivity index (χ0v) is 12.3. The molecule has 0 atom stereocenters. The number of furan rings is 1. The number of nitrogens with one attached hydrogen (secondary N) is 3. The van der Waals surface area contributed by atoms with Crippen LogP contribution in [0.1, 0.15) is 17.1 Å². The van der Waals surface area contributed by atoms with E-state index in [0.29, 0.717) is 24.4 Å². The van der Waals surface area contributed by atoms with E-state index in [0.717, 1.165) is 5.76 Å². The highest BCUT2D eigenvalue weighted by Gasteiger charge is 2.23. The van der Waals surface area contributed by atoms with Gasteiger partial charge in [-0.05, 0) is 26.1 Å². The molecule has 7 nitrogen and oxygen atoms in total. The number of hydrogen-bond donors (Lipinski definition) is 3. The highest BCUT2D eigenvalue weighted by Crippen LogP contribution is 2.17. The number of aromatic amines is 1. The van der Waals surface area contributed by atoms with Crippen LogP contribution >= 0.6 is 0 Å². The number of aryl methyl sites for hydroxylation is 1. The molecular formula is C12H18N4O3S. The van der Waals surface area contributed by atoms with Crippen molar-refractivity contribution in [2.24, 2.45) is 0 Å². The molecular weight excluding hydrogens is 280 g/mol. The fourth-order valence-corrected chi connectivity index (χ4v) is 3.34. The molecule has 0 spiro atoms. The fraction of sp³-hybridized carbons (Fsp3) is 0.417. The van der Waals surface area contributed by atoms with E-state index in [9.17, 15) is 8.42 Å². The molecule has 0 aromatic carbocycles. The van der Waals surface area contributed by atoms with Gasteiger partial charge >= 0.3 is 0 Å². The maximum absolute atomic E-state index is 12.3. The Hall–Kier alpha value is -1.64. The van der Waals surface area contributed by atoms with Gasteiger partial charge in [0.1, 0.15) is 10.7 Å². The Bertz CT molecular complexity index is 646. The molecule has 0 radical (unpaired) electrons. The van der Waals surface area contributed by atoms with Gasteiger partial charge in [0.05, 0.1) is 17.7 Å². The Morgan fingerprint density at radius 1 is 1.45 bits per heavy atom. The Labute approximate surface area is 117 Å². The van der Waals surface area contributed by atoms with E-state index in [-0.39, 0.29) is 11.4 Å². The molecule has 0 amide bonds. The summed E-state index contributed by atoms with van der Waals surface area (Å²) < 4.78 is 32.3. The van der Waals surface area contributed by atoms with Crippen LogP contribution in [-0.2, 0) is 23.0 Å². The van der Waals surface area contributed by atoms with Crippen LogP contribution in [0.5, 0.6) is 0 Å². The first-order valence-corrected chi connectivity index (χ1v) is 7.73. The number of H-pyrrole nitrogens is 1. The van der Waals surface area contributed by atoms with Gasteiger partial charge < -0.3 is 9.73 Å². The van der Waals surface area contributed by atoms with Crippen molar-refractivity contribution in [3.63, 3.8) is 0 Å². The third kappa shape index (κ3) is 3.27. The molecule has 0 unspecified atom stereocenters. The van der Waals surface area contributed by atoms with Crippen LogP contribution in [0.2, 0.25) is 0 Å². The molecule has 2 aromatic rings. The van der Waals surface area contributed by atoms with Gasteiger partial charge in [0.2, 0.25) is 10.0 Å². The van der Waals surface area contributed by atoms with Gasteiger partial charge in [0, 0.05) is 19.5 Å². The lowest BCUT2D eigenvalue weighted by Crippen LogP contribution is -2.27. The molecule has 0 saturated heterocycles. The Kier molecular flexibility index (Phi) is 4.58. The summed E-state index contributed by atoms with van der Waals surface area (Å²) in [5.41, 5.74) is 1.01. The molecule has 0 bridgehead atoms. The van der Waals surface area contributed by atoms with E-state index >= 15 is 0 Å². The molecule has 8 heteroatoms. The molecule has 110 valence electrons. The first kappa shape index (κ1) is 14.8. The Morgan fingerprint density at radius 3 is 2.90 bits per heavy atom. The minimum atomic E-state index is -3.58. The summed E-state index contributed by atoms with van der Waals surface area (Å²) in [5, 5.41) is 9.61. The summed E-state index contributed by atoms with van der Waals surface area (Å²) >= 11 is 0. The second kappa shape index (κ2) is 6.21. The van der Waals surface area contributed by atoms with Gasteiger partial charge in [0.15, 0.2) is 0 Å². The molecule has 2 aromatic heterocycles. The van der Waals surface area contributed by atoms with Crippen LogP contribution in [0.25, 0.3) is 0 Å². The average molecular weight is 298 g/mol. The predicted molar refractivity (Wildman–Crippen MR) is 73.7 cm³/mol. The van der Waals surface area contributed by atoms with Crippen molar-refractivity contribution < 1.29 is 12.8 Å². The van der Waals surface area contributed by atoms with E-state index in [2.05, 4.69) is 20.2 Å². The van der Waals surface area contributed by atoms with Crippen LogP contribution < -0.4 is 10.0 Å². The van der Waals surface area contributed by atoms with E-state index in [1.807, 2.05) is 6.07 Å². The zero-order valence-electron chi connectivity index (χ0n) is 11.4. The second-order valence-electron chi connectivity index (χ2n) is 4.38. The van der Waals surface area contributed by atoms with Crippen molar-refractivity contribution >= 4 is 10.0 Å². The summed E-state index contributed by atoms with van der Waals surface area (Å²) in [6.45, 7) is 2.35. The molecule has 0 fully saturated rings. The summed E-state index contributed by atoms with van der Waals surface area (Å²) in [6.07, 6.45) is 2.07. The summed E-state index contributed by atoms with van der Waals surface area (Å²) in [4.78, 5) is 0.214. The number of nitrogens with zero attached hydrogens (tertiary/aromatic N) is 1. The topological polar surface area (TPSA) is 100 Å². The molecule has 2 rings (SSSR count). The van der Waals surface area contributed by atoms with E-state index in [1.54, 1.807) is 26.3 Å². The number of sulfonamides is 1. The number of aromatic nitrogens is 2. The van der Waals surface area contributed by atoms with Gasteiger partial charge in [-0.3, -0.25) is 5.10 Å². The smallest absolute Gasteiger partial charge is 0.244 e. The third-order valence-corrected chi connectivity index (χ3v) is 4.48. The van der Waals surface area contributed by atoms with Crippen LogP contribution in [0, 0.1) is 6.92 Å². The highest BCUT2D eigenvalue weighted by atomic mass is 32.2. The summed E-state index contributed by atoms with van der Waals surface area (Å²) in [5.74, 6) is 0.743. The van der Waals surface area contributed by atoms with E-state index in [1.165, 1.54) is 0 Å². The monoisotopic (exact) mass is 298 g/mol. The van der Waals surface area contributed by atoms with Gasteiger partial charge in [-0.2, -0.15) is 5.10 Å². The van der Waals surface area contributed by atoms with Gasteiger partial charge in [-0.1, -0.05) is 0 Å². The first-order chi connectivity index (χ1) is 9.54. The SMILES string of the molecule is CNCc1n[nH]c(C)c1S(=O)(=O)NCCc1ccco1. The van der Waals surface area contributed by atoms with Crippen molar-refractivity contribution in [3.8, 4) is 0 Å². The van der Waals surface area contributed by atoms with E-state index < -0.39 is 10.0 Å². The number of rotatable bonds is 7. The molecule has 0 aliphatic rings. The minimum absolute atomic E-state index is 0.214. The largest absolute Gasteiger partial charge is 0.469 e. The van der Waals surface area contributed by atoms with Gasteiger partial charge in [-0.25, -0.2) is 13.1 Å². The van der Waals surface area contributed by atoms with Crippen LogP contribution in [0.4, 0.5) is 0 Å². The van der Waals surface area contributed by atoms with Crippen LogP contribution in [0.15, 0.2) is 27.7 Å². The molecule has 2 heterocycles. The molecule has 0 aliphatic carbocycles. The zero-order chi connectivity index (χ0) is 14.6. The molecule has 20 heavy (non-hydrogen) atoms. The van der Waals surface area contributed by atoms with Crippen molar-refractivity contribution in [1.29, 1.82) is 0 Å². The summed E-state index contributed by atoms with van der Waals surface area (Å²) in [7, 11) is -1.84. The maximum atomic E-state index is 12.3. The van der Waals surface area contributed by atoms with Gasteiger partial charge in [0.25, 0.3) is 0 Å². The Morgan fingerprint density at radius 2 is 2.25 bits per heavy atom. The van der Waals surface area contributed by atoms with Gasteiger partial charge in [-0.15, -0.1) is 0 Å². The van der Waals surface area contributed by atoms with Crippen LogP contribution in [-0.4, -0.2) is 32.2 Å². The second-order valence-corrected chi connectivity index (χ2v) is 6.09. The quantitative estimate of drug-likeness (QED) is 0.693. The normalized spacial score (nSPS) is 11.9. The van der Waals surface area contributed by atoms with Crippen LogP contribution in [0.3, 0.4) is 0 Å². The minimum Gasteiger partial charge on any atom is -0.469 e. The summed E-state index contributed by atoms with van der Waals surface area (Å²) in [6, 6.07) is 3.58. The lowest BCUT2D eigenvalue weighted by Gasteiger charge is -2.07. The van der Waals surface area contributed by atoms with E-state index in [4.69, 9.17) is 4.42 Å². The Balaban J connectivity index is 2.08. The third-order valence-electron chi connectivity index (χ3n) is 2.82. The van der Waals surface area contributed by atoms with Crippen molar-refractivity contribution in [1.82, 2.24) is 20.2 Å². The molecule has 3 N–H and O–H groups in total. The first-order valence-electron chi connectivity index (χ1n) is 6.25. The molecule has 0 saturated carbocycles. The molecule has 0 aliphatic heterocycles. The lowest BCUT2D eigenvalue weighted by molar-refractivity contribution is 0.505. The van der Waals surface area contributed by atoms with Crippen molar-refractivity contribution in [2.75, 3.05) is 13.6 Å². The highest BCUT2D eigenvalue weighted by molar-refractivity contribution is 7.89. The standard InChI is InChI=1S/C12H18N4O3S/c1-9-12(11(8-13-2)16-15-9)20(17,18)14-6-5-10-4-3-7-19-10/h3-4,7,13-14H,5-6,8H2,1-2H3,(H,15,16). The average Bonchev–Trinajstić information content (AvgIpc) is 3.00. The fourth-order valence-electron chi connectivity index (χ4n) is 1.95. The lowest BCUT2D eigenvalue weighted by atomic mass is 10.3. The van der Waals surface area contributed by atoms with Crippen molar-refractivity contribution in [2.45, 2.75) is 24.8 Å². The van der Waals surface area contributed by atoms with Crippen molar-refractivity contribution in [3.05, 3.63) is 35.5 Å². The predicted octanol–water partition coefficient (Wildman–Crippen LogP) is 0.552. The maximum Gasteiger partial charge on any atom is 0.244 e.